The van der Waals surface area contributed by atoms with Crippen molar-refractivity contribution in [2.24, 2.45) is 5.92 Å². The first-order chi connectivity index (χ1) is 9.54. The smallest absolute Gasteiger partial charge is 0.372 e. The Hall–Kier alpha value is -1.43. The average Bonchev–Trinajstić information content (AvgIpc) is 2.34. The van der Waals surface area contributed by atoms with Crippen LogP contribution in [0.5, 0.6) is 0 Å². The average molecular weight is 323 g/mol. The van der Waals surface area contributed by atoms with Crippen LogP contribution in [0.1, 0.15) is 19.4 Å². The Morgan fingerprint density at radius 2 is 1.86 bits per heavy atom. The molecule has 1 N–H and O–H groups in total. The molecule has 0 saturated carbocycles. The van der Waals surface area contributed by atoms with Gasteiger partial charge in [-0.3, -0.25) is 4.79 Å². The molecular weight excluding hydrogens is 305 g/mol. The van der Waals surface area contributed by atoms with Gasteiger partial charge in [0.15, 0.2) is 0 Å². The molecule has 0 saturated heterocycles. The molecule has 0 spiro atoms. The molecule has 21 heavy (non-hydrogen) atoms. The molecule has 0 bridgehead atoms. The second-order valence-electron chi connectivity index (χ2n) is 5.29. The summed E-state index contributed by atoms with van der Waals surface area (Å²) >= 11 is 5.88. The van der Waals surface area contributed by atoms with Crippen LogP contribution in [0.15, 0.2) is 18.2 Å². The summed E-state index contributed by atoms with van der Waals surface area (Å²) in [6.45, 7) is 3.69. The van der Waals surface area contributed by atoms with Crippen LogP contribution in [0.2, 0.25) is 5.02 Å². The van der Waals surface area contributed by atoms with E-state index in [2.05, 4.69) is 5.32 Å². The number of carbonyl (C=O) groups excluding carboxylic acids is 1. The molecule has 1 rings (SSSR count). The Morgan fingerprint density at radius 1 is 1.29 bits per heavy atom. The Balaban J connectivity index is 3.03. The Kier molecular flexibility index (Phi) is 5.50. The number of likely N-dealkylation sites (N-methyl/N-ethyl adjacent to an activating group) is 1. The van der Waals surface area contributed by atoms with E-state index in [0.29, 0.717) is 5.69 Å². The van der Waals surface area contributed by atoms with Gasteiger partial charge < -0.3 is 10.2 Å². The van der Waals surface area contributed by atoms with Crippen LogP contribution in [0.4, 0.5) is 18.9 Å². The van der Waals surface area contributed by atoms with Crippen LogP contribution in [0.3, 0.4) is 0 Å². The van der Waals surface area contributed by atoms with Gasteiger partial charge >= 0.3 is 6.18 Å². The van der Waals surface area contributed by atoms with Gasteiger partial charge in [0.2, 0.25) is 5.91 Å². The first-order valence-electron chi connectivity index (χ1n) is 6.38. The fourth-order valence-electron chi connectivity index (χ4n) is 1.77. The van der Waals surface area contributed by atoms with E-state index in [1.54, 1.807) is 14.1 Å². The molecule has 0 aliphatic carbocycles. The number of alkyl halides is 3. The maximum atomic E-state index is 12.6. The highest BCUT2D eigenvalue weighted by atomic mass is 35.5. The molecule has 0 fully saturated rings. The number of benzene rings is 1. The number of hydrogen-bond donors (Lipinski definition) is 1. The molecule has 0 unspecified atom stereocenters. The van der Waals surface area contributed by atoms with Gasteiger partial charge in [-0.1, -0.05) is 25.4 Å². The number of nitrogens with zero attached hydrogens (tertiary/aromatic N) is 1. The number of anilines is 1. The molecule has 3 nitrogen and oxygen atoms in total. The van der Waals surface area contributed by atoms with E-state index in [1.165, 1.54) is 11.0 Å². The highest BCUT2D eigenvalue weighted by Crippen LogP contribution is 2.34. The van der Waals surface area contributed by atoms with Crippen molar-refractivity contribution in [1.82, 2.24) is 4.90 Å². The molecule has 0 heterocycles. The van der Waals surface area contributed by atoms with Gasteiger partial charge in [-0.25, -0.2) is 0 Å². The number of carbonyl (C=O) groups is 1. The zero-order valence-corrected chi connectivity index (χ0v) is 13.0. The molecule has 118 valence electrons. The second-order valence-corrected chi connectivity index (χ2v) is 5.70. The van der Waals surface area contributed by atoms with Gasteiger partial charge in [0, 0.05) is 14.1 Å². The standard InChI is InChI=1S/C14H18ClF3N2O/c1-8(2)12(13(21)20(3)4)19-11-6-5-9(7-10(11)15)14(16,17)18/h5-8,12,19H,1-4H3/t12-/m1/s1. The highest BCUT2D eigenvalue weighted by Gasteiger charge is 2.31. The number of amides is 1. The molecular formula is C14H18ClF3N2O. The minimum atomic E-state index is -4.45. The monoisotopic (exact) mass is 322 g/mol. The zero-order chi connectivity index (χ0) is 16.4. The van der Waals surface area contributed by atoms with E-state index < -0.39 is 17.8 Å². The number of hydrogen-bond acceptors (Lipinski definition) is 2. The van der Waals surface area contributed by atoms with Crippen LogP contribution in [0, 0.1) is 5.92 Å². The molecule has 1 aromatic carbocycles. The van der Waals surface area contributed by atoms with Crippen molar-refractivity contribution in [3.63, 3.8) is 0 Å². The summed E-state index contributed by atoms with van der Waals surface area (Å²) in [5.74, 6) is -0.209. The van der Waals surface area contributed by atoms with Crippen LogP contribution >= 0.6 is 11.6 Å². The number of rotatable bonds is 4. The summed E-state index contributed by atoms with van der Waals surface area (Å²) in [7, 11) is 3.24. The highest BCUT2D eigenvalue weighted by molar-refractivity contribution is 6.33. The van der Waals surface area contributed by atoms with Crippen molar-refractivity contribution in [1.29, 1.82) is 0 Å². The summed E-state index contributed by atoms with van der Waals surface area (Å²) in [5, 5.41) is 2.85. The topological polar surface area (TPSA) is 32.3 Å². The molecule has 0 aliphatic heterocycles. The van der Waals surface area contributed by atoms with Crippen molar-refractivity contribution in [3.05, 3.63) is 28.8 Å². The van der Waals surface area contributed by atoms with Crippen LogP contribution < -0.4 is 5.32 Å². The van der Waals surface area contributed by atoms with Crippen molar-refractivity contribution < 1.29 is 18.0 Å². The van der Waals surface area contributed by atoms with Gasteiger partial charge in [0.1, 0.15) is 6.04 Å². The fraction of sp³-hybridized carbons (Fsp3) is 0.500. The lowest BCUT2D eigenvalue weighted by Gasteiger charge is -2.26. The van der Waals surface area contributed by atoms with Gasteiger partial charge in [0.05, 0.1) is 16.3 Å². The van der Waals surface area contributed by atoms with Crippen LogP contribution in [0.25, 0.3) is 0 Å². The summed E-state index contributed by atoms with van der Waals surface area (Å²) in [6.07, 6.45) is -4.45. The maximum Gasteiger partial charge on any atom is 0.416 e. The number of nitrogens with one attached hydrogen (secondary N) is 1. The van der Waals surface area contributed by atoms with Crippen molar-refractivity contribution >= 4 is 23.2 Å². The molecule has 1 amide bonds. The predicted octanol–water partition coefficient (Wildman–Crippen LogP) is 3.88. The van der Waals surface area contributed by atoms with E-state index in [1.807, 2.05) is 13.8 Å². The molecule has 0 radical (unpaired) electrons. The predicted molar refractivity (Wildman–Crippen MR) is 77.4 cm³/mol. The van der Waals surface area contributed by atoms with E-state index >= 15 is 0 Å². The fourth-order valence-corrected chi connectivity index (χ4v) is 2.00. The van der Waals surface area contributed by atoms with E-state index in [-0.39, 0.29) is 16.8 Å². The molecule has 0 aromatic heterocycles. The Labute approximate surface area is 127 Å². The summed E-state index contributed by atoms with van der Waals surface area (Å²) < 4.78 is 37.8. The number of halogens is 4. The molecule has 7 heteroatoms. The molecule has 1 aromatic rings. The third-order valence-electron chi connectivity index (χ3n) is 2.98. The normalized spacial score (nSPS) is 13.2. The van der Waals surface area contributed by atoms with Crippen molar-refractivity contribution in [3.8, 4) is 0 Å². The van der Waals surface area contributed by atoms with E-state index in [0.717, 1.165) is 12.1 Å². The maximum absolute atomic E-state index is 12.6. The Morgan fingerprint density at radius 3 is 2.24 bits per heavy atom. The van der Waals surface area contributed by atoms with Crippen LogP contribution in [-0.2, 0) is 11.0 Å². The van der Waals surface area contributed by atoms with Crippen molar-refractivity contribution in [2.45, 2.75) is 26.1 Å². The zero-order valence-electron chi connectivity index (χ0n) is 12.3. The SMILES string of the molecule is CC(C)[C@@H](Nc1ccc(C(F)(F)F)cc1Cl)C(=O)N(C)C. The van der Waals surface area contributed by atoms with Gasteiger partial charge in [-0.15, -0.1) is 0 Å². The van der Waals surface area contributed by atoms with Gasteiger partial charge in [0.25, 0.3) is 0 Å². The van der Waals surface area contributed by atoms with Crippen molar-refractivity contribution in [2.75, 3.05) is 19.4 Å². The molecule has 1 atom stereocenters. The minimum Gasteiger partial charge on any atom is -0.372 e. The van der Waals surface area contributed by atoms with Gasteiger partial charge in [-0.05, 0) is 24.1 Å². The minimum absolute atomic E-state index is 0.0433. The quantitative estimate of drug-likeness (QED) is 0.912. The first kappa shape index (κ1) is 17.6. The first-order valence-corrected chi connectivity index (χ1v) is 6.76. The largest absolute Gasteiger partial charge is 0.416 e. The lowest BCUT2D eigenvalue weighted by Crippen LogP contribution is -2.42. The Bertz CT molecular complexity index is 515. The third kappa shape index (κ3) is 4.52. The van der Waals surface area contributed by atoms with Gasteiger partial charge in [-0.2, -0.15) is 13.2 Å². The lowest BCUT2D eigenvalue weighted by atomic mass is 10.0. The third-order valence-corrected chi connectivity index (χ3v) is 3.29. The lowest BCUT2D eigenvalue weighted by molar-refractivity contribution is -0.137. The summed E-state index contributed by atoms with van der Waals surface area (Å²) in [5.41, 5.74) is -0.517. The summed E-state index contributed by atoms with van der Waals surface area (Å²) in [6, 6.07) is 2.46. The summed E-state index contributed by atoms with van der Waals surface area (Å²) in [4.78, 5) is 13.5. The molecule has 0 aliphatic rings. The van der Waals surface area contributed by atoms with E-state index in [4.69, 9.17) is 11.6 Å². The second kappa shape index (κ2) is 6.56. The van der Waals surface area contributed by atoms with Crippen LogP contribution in [-0.4, -0.2) is 30.9 Å². The van der Waals surface area contributed by atoms with E-state index in [9.17, 15) is 18.0 Å².